The topological polar surface area (TPSA) is 112 Å². The Morgan fingerprint density at radius 1 is 0.200 bits per heavy atom. The molecule has 0 radical (unpaired) electrons. The third-order valence-corrected chi connectivity index (χ3v) is 16.3. The van der Waals surface area contributed by atoms with Gasteiger partial charge in [-0.25, -0.2) is 0 Å². The van der Waals surface area contributed by atoms with Crippen molar-refractivity contribution < 1.29 is 38.1 Å². The molecule has 0 aliphatic heterocycles. The van der Waals surface area contributed by atoms with Gasteiger partial charge < -0.3 is 28.7 Å². The van der Waals surface area contributed by atoms with Crippen molar-refractivity contribution in [1.82, 2.24) is 9.80 Å². The van der Waals surface area contributed by atoms with Crippen LogP contribution >= 0.6 is 0 Å². The lowest BCUT2D eigenvalue weighted by atomic mass is 10.1. The van der Waals surface area contributed by atoms with Crippen molar-refractivity contribution >= 4 is 23.9 Å². The first-order valence-corrected chi connectivity index (χ1v) is 35.4. The average molecular weight is 1130 g/mol. The maximum Gasteiger partial charge on any atom is 0.307 e. The molecule has 0 amide bonds. The lowest BCUT2D eigenvalue weighted by molar-refractivity contribution is -0.146. The van der Waals surface area contributed by atoms with E-state index in [4.69, 9.17) is 18.9 Å². The molecule has 0 aliphatic rings. The molecule has 0 aromatic heterocycles. The van der Waals surface area contributed by atoms with Gasteiger partial charge in [-0.05, 0) is 25.7 Å². The Morgan fingerprint density at radius 3 is 0.487 bits per heavy atom. The highest BCUT2D eigenvalue weighted by molar-refractivity contribution is 5.71. The van der Waals surface area contributed by atoms with E-state index in [2.05, 4.69) is 37.5 Å². The van der Waals surface area contributed by atoms with Crippen LogP contribution in [-0.2, 0) is 38.1 Å². The molecule has 0 rings (SSSR count). The summed E-state index contributed by atoms with van der Waals surface area (Å²) in [5, 5.41) is 0. The Morgan fingerprint density at radius 2 is 0.338 bits per heavy atom. The lowest BCUT2D eigenvalue weighted by Crippen LogP contribution is -2.39. The first-order chi connectivity index (χ1) is 39.4. The standard InChI is InChI=1S/C70H136N2O8/c1-5-9-13-17-21-25-29-33-37-41-45-49-63-77-67(73)53-57-71(58-54-68(74)78-64-50-46-42-38-34-30-26-22-18-14-10-6-2)61-62-72(59-55-69(75)79-65-51-47-43-39-35-31-27-23-19-15-11-7-3)60-56-70(76)80-66-52-48-44-40-36-32-28-24-20-16-12-8-4/h5-66H2,1-4H3. The predicted molar refractivity (Wildman–Crippen MR) is 339 cm³/mol. The Bertz CT molecular complexity index is 1110. The largest absolute Gasteiger partial charge is 0.466 e. The number of ether oxygens (including phenoxy) is 4. The molecule has 80 heavy (non-hydrogen) atoms. The first kappa shape index (κ1) is 77.8. The molecule has 0 atom stereocenters. The second-order valence-corrected chi connectivity index (χ2v) is 24.1. The number of carbonyl (C=O) groups is 4. The molecular formula is C70H136N2O8. The summed E-state index contributed by atoms with van der Waals surface area (Å²) in [7, 11) is 0. The van der Waals surface area contributed by atoms with E-state index in [-0.39, 0.29) is 49.6 Å². The van der Waals surface area contributed by atoms with Crippen molar-refractivity contribution in [2.75, 3.05) is 65.7 Å². The Kier molecular flexibility index (Phi) is 64.1. The fraction of sp³-hybridized carbons (Fsp3) is 0.943. The monoisotopic (exact) mass is 1130 g/mol. The second kappa shape index (κ2) is 65.9. The Balaban J connectivity index is 5.24. The van der Waals surface area contributed by atoms with Crippen LogP contribution in [0, 0.1) is 0 Å². The molecule has 0 N–H and O–H groups in total. The molecule has 0 bridgehead atoms. The van der Waals surface area contributed by atoms with Gasteiger partial charge >= 0.3 is 23.9 Å². The highest BCUT2D eigenvalue weighted by Crippen LogP contribution is 2.17. The van der Waals surface area contributed by atoms with Crippen molar-refractivity contribution in [3.05, 3.63) is 0 Å². The fourth-order valence-corrected chi connectivity index (χ4v) is 10.8. The molecule has 0 heterocycles. The molecule has 10 heteroatoms. The van der Waals surface area contributed by atoms with E-state index >= 15 is 0 Å². The van der Waals surface area contributed by atoms with Crippen LogP contribution in [0.15, 0.2) is 0 Å². The van der Waals surface area contributed by atoms with Gasteiger partial charge in [-0.15, -0.1) is 0 Å². The van der Waals surface area contributed by atoms with E-state index in [0.29, 0.717) is 65.7 Å². The normalized spacial score (nSPS) is 11.5. The fourth-order valence-electron chi connectivity index (χ4n) is 10.8. The Hall–Kier alpha value is -2.20. The van der Waals surface area contributed by atoms with Crippen LogP contribution in [-0.4, -0.2) is 99.4 Å². The van der Waals surface area contributed by atoms with Crippen LogP contribution in [0.5, 0.6) is 0 Å². The molecule has 0 fully saturated rings. The molecule has 0 spiro atoms. The van der Waals surface area contributed by atoms with Crippen LogP contribution in [0.25, 0.3) is 0 Å². The third-order valence-electron chi connectivity index (χ3n) is 16.3. The minimum Gasteiger partial charge on any atom is -0.466 e. The number of hydrogen-bond acceptors (Lipinski definition) is 10. The summed E-state index contributed by atoms with van der Waals surface area (Å²) in [5.41, 5.74) is 0. The zero-order valence-electron chi connectivity index (χ0n) is 54.0. The summed E-state index contributed by atoms with van der Waals surface area (Å²) >= 11 is 0. The molecule has 0 saturated heterocycles. The first-order valence-electron chi connectivity index (χ1n) is 35.4. The van der Waals surface area contributed by atoms with Crippen LogP contribution in [0.1, 0.15) is 362 Å². The average Bonchev–Trinajstić information content (AvgIpc) is 3.46. The second-order valence-electron chi connectivity index (χ2n) is 24.1. The quantitative estimate of drug-likeness (QED) is 0.0332. The smallest absolute Gasteiger partial charge is 0.307 e. The SMILES string of the molecule is CCCCCCCCCCCCCCOC(=O)CCN(CCC(=O)OCCCCCCCCCCCCCC)CCN(CCC(=O)OCCCCCCCCCCCCCC)CCC(=O)OCCCCCCCCCCCCCC. The van der Waals surface area contributed by atoms with Crippen LogP contribution in [0.3, 0.4) is 0 Å². The van der Waals surface area contributed by atoms with Gasteiger partial charge in [0.25, 0.3) is 0 Å². The highest BCUT2D eigenvalue weighted by atomic mass is 16.5. The zero-order valence-corrected chi connectivity index (χ0v) is 54.0. The van der Waals surface area contributed by atoms with Gasteiger partial charge in [0.15, 0.2) is 0 Å². The van der Waals surface area contributed by atoms with E-state index in [1.54, 1.807) is 0 Å². The van der Waals surface area contributed by atoms with E-state index in [0.717, 1.165) is 51.4 Å². The number of unbranched alkanes of at least 4 members (excludes halogenated alkanes) is 44. The van der Waals surface area contributed by atoms with Gasteiger partial charge in [0, 0.05) is 39.3 Å². The summed E-state index contributed by atoms with van der Waals surface area (Å²) in [6.07, 6.45) is 61.4. The van der Waals surface area contributed by atoms with Gasteiger partial charge in [-0.2, -0.15) is 0 Å². The number of esters is 4. The molecule has 0 aromatic rings. The van der Waals surface area contributed by atoms with Crippen molar-refractivity contribution in [3.8, 4) is 0 Å². The molecular weight excluding hydrogens is 997 g/mol. The number of hydrogen-bond donors (Lipinski definition) is 0. The van der Waals surface area contributed by atoms with Crippen LogP contribution in [0.2, 0.25) is 0 Å². The van der Waals surface area contributed by atoms with Gasteiger partial charge in [0.1, 0.15) is 0 Å². The predicted octanol–water partition coefficient (Wildman–Crippen LogP) is 20.1. The van der Waals surface area contributed by atoms with Crippen molar-refractivity contribution in [2.45, 2.75) is 362 Å². The lowest BCUT2D eigenvalue weighted by Gasteiger charge is -2.27. The number of nitrogens with zero attached hydrogens (tertiary/aromatic N) is 2. The van der Waals surface area contributed by atoms with Gasteiger partial charge in [-0.3, -0.25) is 19.2 Å². The zero-order chi connectivity index (χ0) is 58.1. The molecule has 0 aliphatic carbocycles. The number of carbonyl (C=O) groups excluding carboxylic acids is 4. The molecule has 0 aromatic carbocycles. The Labute approximate surface area is 497 Å². The van der Waals surface area contributed by atoms with Gasteiger partial charge in [0.05, 0.1) is 52.1 Å². The van der Waals surface area contributed by atoms with E-state index in [9.17, 15) is 19.2 Å². The molecule has 0 saturated carbocycles. The molecule has 0 unspecified atom stereocenters. The highest BCUT2D eigenvalue weighted by Gasteiger charge is 2.17. The summed E-state index contributed by atoms with van der Waals surface area (Å²) < 4.78 is 22.8. The summed E-state index contributed by atoms with van der Waals surface area (Å²) in [6.45, 7) is 13.8. The maximum atomic E-state index is 13.0. The van der Waals surface area contributed by atoms with Gasteiger partial charge in [-0.1, -0.05) is 310 Å². The number of rotatable bonds is 67. The van der Waals surface area contributed by atoms with E-state index in [1.165, 1.54) is 257 Å². The van der Waals surface area contributed by atoms with E-state index in [1.807, 2.05) is 0 Å². The summed E-state index contributed by atoms with van der Waals surface area (Å²) in [5.74, 6) is -0.847. The van der Waals surface area contributed by atoms with Crippen molar-refractivity contribution in [3.63, 3.8) is 0 Å². The van der Waals surface area contributed by atoms with E-state index < -0.39 is 0 Å². The molecule has 474 valence electrons. The third kappa shape index (κ3) is 61.9. The minimum absolute atomic E-state index is 0.212. The van der Waals surface area contributed by atoms with Crippen molar-refractivity contribution in [2.24, 2.45) is 0 Å². The van der Waals surface area contributed by atoms with Crippen molar-refractivity contribution in [1.29, 1.82) is 0 Å². The van der Waals surface area contributed by atoms with Gasteiger partial charge in [0.2, 0.25) is 0 Å². The minimum atomic E-state index is -0.212. The summed E-state index contributed by atoms with van der Waals surface area (Å²) in [6, 6.07) is 0. The van der Waals surface area contributed by atoms with Crippen LogP contribution < -0.4 is 0 Å². The van der Waals surface area contributed by atoms with Crippen LogP contribution in [0.4, 0.5) is 0 Å². The maximum absolute atomic E-state index is 13.0. The molecule has 10 nitrogen and oxygen atoms in total. The summed E-state index contributed by atoms with van der Waals surface area (Å²) in [4.78, 5) is 56.5.